The molecule has 0 spiro atoms. The largest absolute Gasteiger partial charge is 0.497 e. The Hall–Kier alpha value is -2.34. The second kappa shape index (κ2) is 6.76. The topological polar surface area (TPSA) is 56.6 Å². The Balaban J connectivity index is 1.71. The first kappa shape index (κ1) is 17.1. The van der Waals surface area contributed by atoms with Crippen LogP contribution in [0.25, 0.3) is 5.69 Å². The summed E-state index contributed by atoms with van der Waals surface area (Å²) in [5.41, 5.74) is 4.03. The molecule has 0 bridgehead atoms. The van der Waals surface area contributed by atoms with E-state index in [1.54, 1.807) is 7.11 Å². The van der Waals surface area contributed by atoms with Gasteiger partial charge in [0.05, 0.1) is 37.7 Å². The van der Waals surface area contributed by atoms with E-state index in [0.29, 0.717) is 19.8 Å². The zero-order valence-corrected chi connectivity index (χ0v) is 15.6. The van der Waals surface area contributed by atoms with Gasteiger partial charge >= 0.3 is 0 Å². The van der Waals surface area contributed by atoms with Crippen molar-refractivity contribution < 1.29 is 14.3 Å². The van der Waals surface area contributed by atoms with E-state index >= 15 is 0 Å². The van der Waals surface area contributed by atoms with Crippen LogP contribution in [0, 0.1) is 19.8 Å². The molecule has 0 N–H and O–H groups in total. The van der Waals surface area contributed by atoms with Crippen LogP contribution in [0.15, 0.2) is 24.3 Å². The van der Waals surface area contributed by atoms with E-state index in [1.165, 1.54) is 0 Å². The van der Waals surface area contributed by atoms with Crippen molar-refractivity contribution in [3.05, 3.63) is 41.2 Å². The van der Waals surface area contributed by atoms with Crippen molar-refractivity contribution in [2.75, 3.05) is 26.9 Å². The second-order valence-corrected chi connectivity index (χ2v) is 7.09. The molecule has 1 aliphatic carbocycles. The fourth-order valence-electron chi connectivity index (χ4n) is 3.80. The van der Waals surface area contributed by atoms with Crippen LogP contribution < -0.4 is 4.74 Å². The van der Waals surface area contributed by atoms with Gasteiger partial charge in [-0.1, -0.05) is 6.07 Å². The lowest BCUT2D eigenvalue weighted by atomic mass is 10.0. The van der Waals surface area contributed by atoms with E-state index in [4.69, 9.17) is 14.6 Å². The number of ether oxygens (including phenoxy) is 2. The van der Waals surface area contributed by atoms with E-state index < -0.39 is 0 Å². The third kappa shape index (κ3) is 2.98. The Labute approximate surface area is 153 Å². The highest BCUT2D eigenvalue weighted by atomic mass is 16.5. The minimum Gasteiger partial charge on any atom is -0.497 e. The van der Waals surface area contributed by atoms with Gasteiger partial charge < -0.3 is 14.4 Å². The van der Waals surface area contributed by atoms with Gasteiger partial charge in [0.25, 0.3) is 0 Å². The maximum atomic E-state index is 12.8. The van der Waals surface area contributed by atoms with Crippen LogP contribution in [0.2, 0.25) is 0 Å². The highest BCUT2D eigenvalue weighted by Gasteiger charge is 2.39. The number of aromatic nitrogens is 2. The van der Waals surface area contributed by atoms with Gasteiger partial charge in [-0.05, 0) is 38.8 Å². The number of hydrogen-bond donors (Lipinski definition) is 0. The van der Waals surface area contributed by atoms with Crippen LogP contribution in [-0.2, 0) is 9.53 Å². The molecule has 1 aromatic carbocycles. The van der Waals surface area contributed by atoms with Crippen LogP contribution in [0.1, 0.15) is 35.8 Å². The molecular weight excluding hydrogens is 330 g/mol. The van der Waals surface area contributed by atoms with Crippen LogP contribution >= 0.6 is 0 Å². The van der Waals surface area contributed by atoms with Crippen LogP contribution in [0.3, 0.4) is 0 Å². The number of aryl methyl sites for hydroxylation is 1. The van der Waals surface area contributed by atoms with E-state index in [0.717, 1.165) is 41.2 Å². The molecule has 2 heterocycles. The number of carbonyl (C=O) groups is 1. The van der Waals surface area contributed by atoms with Gasteiger partial charge in [0.2, 0.25) is 5.91 Å². The normalized spacial score (nSPS) is 20.3. The van der Waals surface area contributed by atoms with Gasteiger partial charge in [0, 0.05) is 29.8 Å². The fourth-order valence-corrected chi connectivity index (χ4v) is 3.80. The molecule has 4 rings (SSSR count). The second-order valence-electron chi connectivity index (χ2n) is 7.09. The number of amides is 1. The smallest absolute Gasteiger partial charge is 0.226 e. The van der Waals surface area contributed by atoms with Crippen molar-refractivity contribution in [1.29, 1.82) is 0 Å². The van der Waals surface area contributed by atoms with E-state index in [9.17, 15) is 4.79 Å². The van der Waals surface area contributed by atoms with Crippen molar-refractivity contribution in [3.63, 3.8) is 0 Å². The van der Waals surface area contributed by atoms with Gasteiger partial charge in [-0.2, -0.15) is 5.10 Å². The summed E-state index contributed by atoms with van der Waals surface area (Å²) in [4.78, 5) is 14.8. The first-order valence-corrected chi connectivity index (χ1v) is 9.19. The molecule has 26 heavy (non-hydrogen) atoms. The summed E-state index contributed by atoms with van der Waals surface area (Å²) >= 11 is 0. The molecule has 0 unspecified atom stereocenters. The third-order valence-corrected chi connectivity index (χ3v) is 5.32. The monoisotopic (exact) mass is 355 g/mol. The highest BCUT2D eigenvalue weighted by molar-refractivity contribution is 5.81. The minimum atomic E-state index is -0.0591. The van der Waals surface area contributed by atoms with Gasteiger partial charge in [0.15, 0.2) is 0 Å². The van der Waals surface area contributed by atoms with Crippen LogP contribution in [0.4, 0.5) is 0 Å². The predicted molar refractivity (Wildman–Crippen MR) is 97.6 cm³/mol. The molecule has 1 atom stereocenters. The minimum absolute atomic E-state index is 0.0591. The van der Waals surface area contributed by atoms with Crippen LogP contribution in [-0.4, -0.2) is 47.5 Å². The molecule has 1 aromatic heterocycles. The van der Waals surface area contributed by atoms with Crippen molar-refractivity contribution in [3.8, 4) is 11.4 Å². The third-order valence-electron chi connectivity index (χ3n) is 5.32. The lowest BCUT2D eigenvalue weighted by Gasteiger charge is -2.36. The zero-order chi connectivity index (χ0) is 18.3. The number of benzene rings is 1. The zero-order valence-electron chi connectivity index (χ0n) is 15.6. The lowest BCUT2D eigenvalue weighted by Crippen LogP contribution is -2.44. The number of carbonyl (C=O) groups excluding carboxylic acids is 1. The standard InChI is InChI=1S/C20H25N3O3/c1-13-19(18-12-26-10-9-22(18)20(24)15-7-8-15)14(2)23(21-13)16-5-4-6-17(11-16)25-3/h4-6,11,15,18H,7-10,12H2,1-3H3/t18-/m1/s1. The fraction of sp³-hybridized carbons (Fsp3) is 0.500. The number of nitrogens with zero attached hydrogens (tertiary/aromatic N) is 3. The summed E-state index contributed by atoms with van der Waals surface area (Å²) in [5, 5.41) is 4.75. The van der Waals surface area contributed by atoms with Gasteiger partial charge in [-0.15, -0.1) is 0 Å². The average molecular weight is 355 g/mol. The summed E-state index contributed by atoms with van der Waals surface area (Å²) in [6.07, 6.45) is 2.04. The van der Waals surface area contributed by atoms with E-state index in [1.807, 2.05) is 40.8 Å². The summed E-state index contributed by atoms with van der Waals surface area (Å²) < 4.78 is 13.0. The van der Waals surface area contributed by atoms with Crippen molar-refractivity contribution in [2.24, 2.45) is 5.92 Å². The Morgan fingerprint density at radius 3 is 2.85 bits per heavy atom. The number of rotatable bonds is 4. The van der Waals surface area contributed by atoms with Crippen LogP contribution in [0.5, 0.6) is 5.75 Å². The molecule has 1 saturated heterocycles. The molecule has 2 fully saturated rings. The van der Waals surface area contributed by atoms with Gasteiger partial charge in [-0.25, -0.2) is 4.68 Å². The molecule has 6 nitrogen and oxygen atoms in total. The molecule has 1 saturated carbocycles. The quantitative estimate of drug-likeness (QED) is 0.846. The lowest BCUT2D eigenvalue weighted by molar-refractivity contribution is -0.141. The molecule has 1 aliphatic heterocycles. The Morgan fingerprint density at radius 1 is 1.31 bits per heavy atom. The molecule has 6 heteroatoms. The highest BCUT2D eigenvalue weighted by Crippen LogP contribution is 2.37. The maximum Gasteiger partial charge on any atom is 0.226 e. The molecule has 138 valence electrons. The SMILES string of the molecule is COc1cccc(-n2nc(C)c([C@H]3COCCN3C(=O)C3CC3)c2C)c1. The summed E-state index contributed by atoms with van der Waals surface area (Å²) in [5.74, 6) is 1.28. The predicted octanol–water partition coefficient (Wildman–Crippen LogP) is 2.81. The molecule has 2 aliphatic rings. The number of hydrogen-bond acceptors (Lipinski definition) is 4. The Kier molecular flexibility index (Phi) is 4.44. The van der Waals surface area contributed by atoms with Gasteiger partial charge in [-0.3, -0.25) is 4.79 Å². The first-order valence-electron chi connectivity index (χ1n) is 9.19. The van der Waals surface area contributed by atoms with Gasteiger partial charge in [0.1, 0.15) is 5.75 Å². The van der Waals surface area contributed by atoms with E-state index in [2.05, 4.69) is 6.92 Å². The Morgan fingerprint density at radius 2 is 2.12 bits per heavy atom. The summed E-state index contributed by atoms with van der Waals surface area (Å²) in [6.45, 7) is 5.86. The first-order chi connectivity index (χ1) is 12.6. The maximum absolute atomic E-state index is 12.8. The number of morpholine rings is 1. The molecule has 1 amide bonds. The average Bonchev–Trinajstić information content (AvgIpc) is 3.47. The molecule has 0 radical (unpaired) electrons. The summed E-state index contributed by atoms with van der Waals surface area (Å²) in [6, 6.07) is 7.79. The summed E-state index contributed by atoms with van der Waals surface area (Å²) in [7, 11) is 1.66. The van der Waals surface area contributed by atoms with Crippen molar-refractivity contribution in [1.82, 2.24) is 14.7 Å². The van der Waals surface area contributed by atoms with Crippen molar-refractivity contribution in [2.45, 2.75) is 32.7 Å². The van der Waals surface area contributed by atoms with E-state index in [-0.39, 0.29) is 17.9 Å². The molecular formula is C20H25N3O3. The molecule has 2 aromatic rings. The number of methoxy groups -OCH3 is 1. The van der Waals surface area contributed by atoms with Crippen molar-refractivity contribution >= 4 is 5.91 Å². The Bertz CT molecular complexity index is 826.